The van der Waals surface area contributed by atoms with Gasteiger partial charge in [-0.2, -0.15) is 0 Å². The average Bonchev–Trinajstić information content (AvgIpc) is 2.73. The minimum absolute atomic E-state index is 0.0126. The largest absolute Gasteiger partial charge is 0.493 e. The van der Waals surface area contributed by atoms with Crippen LogP contribution in [0.2, 0.25) is 0 Å². The van der Waals surface area contributed by atoms with Crippen LogP contribution in [0.4, 0.5) is 0 Å². The molecule has 6 heteroatoms. The molecule has 0 saturated heterocycles. The molecule has 0 aliphatic carbocycles. The number of nitrogens with one attached hydrogen (secondary N) is 1. The Morgan fingerprint density at radius 1 is 1.18 bits per heavy atom. The van der Waals surface area contributed by atoms with Gasteiger partial charge in [0.2, 0.25) is 5.91 Å². The SMILES string of the molecule is COCCOc1ccc([C@@H](C)NC(=O)[C@@H]2COc3ccccc3C2)cc1OC. The van der Waals surface area contributed by atoms with Gasteiger partial charge in [0.05, 0.1) is 25.7 Å². The lowest BCUT2D eigenvalue weighted by molar-refractivity contribution is -0.126. The van der Waals surface area contributed by atoms with Crippen LogP contribution in [0.3, 0.4) is 0 Å². The Bertz CT molecular complexity index is 807. The number of hydrogen-bond acceptors (Lipinski definition) is 5. The number of para-hydroxylation sites is 1. The maximum Gasteiger partial charge on any atom is 0.227 e. The first-order chi connectivity index (χ1) is 13.6. The van der Waals surface area contributed by atoms with E-state index in [-0.39, 0.29) is 17.9 Å². The Kier molecular flexibility index (Phi) is 6.76. The first kappa shape index (κ1) is 20.0. The van der Waals surface area contributed by atoms with Gasteiger partial charge in [-0.15, -0.1) is 0 Å². The van der Waals surface area contributed by atoms with Gasteiger partial charge < -0.3 is 24.3 Å². The maximum atomic E-state index is 12.7. The van der Waals surface area contributed by atoms with E-state index in [1.165, 1.54) is 0 Å². The van der Waals surface area contributed by atoms with Crippen LogP contribution >= 0.6 is 0 Å². The number of fused-ring (bicyclic) bond motifs is 1. The van der Waals surface area contributed by atoms with Crippen molar-refractivity contribution in [1.82, 2.24) is 5.32 Å². The van der Waals surface area contributed by atoms with E-state index in [2.05, 4.69) is 5.32 Å². The fourth-order valence-electron chi connectivity index (χ4n) is 3.22. The van der Waals surface area contributed by atoms with E-state index in [9.17, 15) is 4.79 Å². The average molecular weight is 385 g/mol. The van der Waals surface area contributed by atoms with E-state index in [0.717, 1.165) is 16.9 Å². The summed E-state index contributed by atoms with van der Waals surface area (Å²) in [7, 11) is 3.23. The third-order valence-electron chi connectivity index (χ3n) is 4.84. The molecule has 0 fully saturated rings. The van der Waals surface area contributed by atoms with Crippen molar-refractivity contribution in [2.75, 3.05) is 34.0 Å². The van der Waals surface area contributed by atoms with Gasteiger partial charge in [-0.25, -0.2) is 0 Å². The summed E-state index contributed by atoms with van der Waals surface area (Å²) in [4.78, 5) is 12.7. The molecule has 2 aromatic rings. The molecule has 0 spiro atoms. The maximum absolute atomic E-state index is 12.7. The number of rotatable bonds is 8. The van der Waals surface area contributed by atoms with Gasteiger partial charge in [0.15, 0.2) is 11.5 Å². The second kappa shape index (κ2) is 9.46. The highest BCUT2D eigenvalue weighted by Gasteiger charge is 2.27. The van der Waals surface area contributed by atoms with Gasteiger partial charge in [0.25, 0.3) is 0 Å². The van der Waals surface area contributed by atoms with Crippen molar-refractivity contribution in [2.45, 2.75) is 19.4 Å². The predicted molar refractivity (Wildman–Crippen MR) is 106 cm³/mol. The number of amides is 1. The minimum atomic E-state index is -0.198. The van der Waals surface area contributed by atoms with Crippen molar-refractivity contribution >= 4 is 5.91 Å². The summed E-state index contributed by atoms with van der Waals surface area (Å²) in [6.45, 7) is 3.30. The van der Waals surface area contributed by atoms with Gasteiger partial charge in [-0.05, 0) is 42.7 Å². The van der Waals surface area contributed by atoms with Crippen molar-refractivity contribution in [1.29, 1.82) is 0 Å². The van der Waals surface area contributed by atoms with Crippen molar-refractivity contribution in [3.8, 4) is 17.2 Å². The fourth-order valence-corrected chi connectivity index (χ4v) is 3.22. The number of carbonyl (C=O) groups excluding carboxylic acids is 1. The second-order valence-corrected chi connectivity index (χ2v) is 6.80. The molecule has 1 aliphatic rings. The Morgan fingerprint density at radius 3 is 2.79 bits per heavy atom. The van der Waals surface area contributed by atoms with Crippen LogP contribution in [0.5, 0.6) is 17.2 Å². The van der Waals surface area contributed by atoms with Crippen molar-refractivity contribution in [2.24, 2.45) is 5.92 Å². The van der Waals surface area contributed by atoms with Crippen LogP contribution in [-0.2, 0) is 16.0 Å². The lowest BCUT2D eigenvalue weighted by atomic mass is 9.95. The molecule has 28 heavy (non-hydrogen) atoms. The Labute approximate surface area is 165 Å². The summed E-state index contributed by atoms with van der Waals surface area (Å²) in [5, 5.41) is 3.08. The first-order valence-corrected chi connectivity index (χ1v) is 9.43. The normalized spacial score (nSPS) is 16.5. The Morgan fingerprint density at radius 2 is 2.00 bits per heavy atom. The molecule has 1 heterocycles. The molecule has 6 nitrogen and oxygen atoms in total. The highest BCUT2D eigenvalue weighted by atomic mass is 16.5. The summed E-state index contributed by atoms with van der Waals surface area (Å²) in [5.74, 6) is 1.94. The molecule has 150 valence electrons. The number of benzene rings is 2. The molecule has 0 unspecified atom stereocenters. The number of hydrogen-bond donors (Lipinski definition) is 1. The van der Waals surface area contributed by atoms with Crippen molar-refractivity contribution in [3.63, 3.8) is 0 Å². The molecule has 0 saturated carbocycles. The van der Waals surface area contributed by atoms with E-state index >= 15 is 0 Å². The summed E-state index contributed by atoms with van der Waals surface area (Å²) >= 11 is 0. The molecule has 0 radical (unpaired) electrons. The zero-order chi connectivity index (χ0) is 19.9. The van der Waals surface area contributed by atoms with Gasteiger partial charge in [-0.3, -0.25) is 4.79 Å². The zero-order valence-electron chi connectivity index (χ0n) is 16.6. The van der Waals surface area contributed by atoms with E-state index < -0.39 is 0 Å². The third-order valence-corrected chi connectivity index (χ3v) is 4.84. The van der Waals surface area contributed by atoms with Crippen LogP contribution in [0, 0.1) is 5.92 Å². The minimum Gasteiger partial charge on any atom is -0.493 e. The summed E-state index contributed by atoms with van der Waals surface area (Å²) in [6, 6.07) is 13.4. The predicted octanol–water partition coefficient (Wildman–Crippen LogP) is 3.15. The van der Waals surface area contributed by atoms with Gasteiger partial charge in [0.1, 0.15) is 19.0 Å². The topological polar surface area (TPSA) is 66.0 Å². The highest BCUT2D eigenvalue weighted by Crippen LogP contribution is 2.31. The first-order valence-electron chi connectivity index (χ1n) is 9.43. The second-order valence-electron chi connectivity index (χ2n) is 6.80. The smallest absolute Gasteiger partial charge is 0.227 e. The summed E-state index contributed by atoms with van der Waals surface area (Å²) in [5.41, 5.74) is 2.02. The third kappa shape index (κ3) is 4.75. The van der Waals surface area contributed by atoms with Crippen LogP contribution in [0.1, 0.15) is 24.1 Å². The monoisotopic (exact) mass is 385 g/mol. The van der Waals surface area contributed by atoms with Crippen LogP contribution in [-0.4, -0.2) is 39.9 Å². The van der Waals surface area contributed by atoms with Crippen LogP contribution in [0.15, 0.2) is 42.5 Å². The number of methoxy groups -OCH3 is 2. The lowest BCUT2D eigenvalue weighted by Crippen LogP contribution is -2.38. The highest BCUT2D eigenvalue weighted by molar-refractivity contribution is 5.80. The fraction of sp³-hybridized carbons (Fsp3) is 0.409. The Balaban J connectivity index is 1.62. The van der Waals surface area contributed by atoms with E-state index in [4.69, 9.17) is 18.9 Å². The van der Waals surface area contributed by atoms with Crippen LogP contribution < -0.4 is 19.5 Å². The van der Waals surface area contributed by atoms with E-state index in [1.54, 1.807) is 14.2 Å². The molecule has 2 atom stereocenters. The molecule has 1 aliphatic heterocycles. The van der Waals surface area contributed by atoms with Crippen LogP contribution in [0.25, 0.3) is 0 Å². The molecule has 1 N–H and O–H groups in total. The standard InChI is InChI=1S/C22H27NO5/c1-15(16-8-9-20(21(13-16)26-3)27-11-10-25-2)23-22(24)18-12-17-6-4-5-7-19(17)28-14-18/h4-9,13,15,18H,10-12,14H2,1-3H3,(H,23,24)/t15-,18+/m1/s1. The van der Waals surface area contributed by atoms with Gasteiger partial charge >= 0.3 is 0 Å². The lowest BCUT2D eigenvalue weighted by Gasteiger charge is -2.26. The molecule has 1 amide bonds. The molecule has 0 bridgehead atoms. The summed E-state index contributed by atoms with van der Waals surface area (Å²) in [6.07, 6.45) is 0.685. The van der Waals surface area contributed by atoms with Crippen molar-refractivity contribution < 1.29 is 23.7 Å². The number of ether oxygens (including phenoxy) is 4. The Hall–Kier alpha value is -2.73. The number of carbonyl (C=O) groups is 1. The van der Waals surface area contributed by atoms with E-state index in [0.29, 0.717) is 37.7 Å². The zero-order valence-corrected chi connectivity index (χ0v) is 16.6. The van der Waals surface area contributed by atoms with E-state index in [1.807, 2.05) is 49.4 Å². The summed E-state index contributed by atoms with van der Waals surface area (Å²) < 4.78 is 21.8. The quantitative estimate of drug-likeness (QED) is 0.707. The molecular weight excluding hydrogens is 358 g/mol. The van der Waals surface area contributed by atoms with Gasteiger partial charge in [0, 0.05) is 7.11 Å². The molecule has 3 rings (SSSR count). The molecular formula is C22H27NO5. The molecule has 2 aromatic carbocycles. The van der Waals surface area contributed by atoms with Gasteiger partial charge in [-0.1, -0.05) is 24.3 Å². The molecule has 0 aromatic heterocycles. The van der Waals surface area contributed by atoms with Crippen molar-refractivity contribution in [3.05, 3.63) is 53.6 Å².